The largest absolute Gasteiger partial charge is 0.480 e. The minimum atomic E-state index is -1.68. The number of thiol groups is 1. The highest BCUT2D eigenvalue weighted by molar-refractivity contribution is 7.80. The van der Waals surface area contributed by atoms with Crippen molar-refractivity contribution in [1.82, 2.24) is 42.1 Å². The number of aliphatic hydroxyl groups is 1. The van der Waals surface area contributed by atoms with Gasteiger partial charge in [0, 0.05) is 25.3 Å². The number of guanidine groups is 1. The second-order valence-electron chi connectivity index (χ2n) is 19.1. The number of benzene rings is 1. The van der Waals surface area contributed by atoms with Gasteiger partial charge in [-0.3, -0.25) is 43.3 Å². The molecule has 1 aliphatic rings. The maximum atomic E-state index is 14.1. The lowest BCUT2D eigenvalue weighted by molar-refractivity contribution is -0.143. The van der Waals surface area contributed by atoms with Crippen LogP contribution in [0.2, 0.25) is 0 Å². The molecule has 1 fully saturated rings. The smallest absolute Gasteiger partial charge is 0.326 e. The summed E-state index contributed by atoms with van der Waals surface area (Å²) in [5.74, 6) is -8.07. The van der Waals surface area contributed by atoms with E-state index in [4.69, 9.17) is 17.2 Å². The molecule has 1 aromatic rings. The quantitative estimate of drug-likeness (QED) is 0.0182. The van der Waals surface area contributed by atoms with E-state index in [9.17, 15) is 53.4 Å². The molecule has 1 saturated heterocycles. The summed E-state index contributed by atoms with van der Waals surface area (Å²) in [5.41, 5.74) is 17.6. The van der Waals surface area contributed by atoms with Crippen LogP contribution in [0, 0.1) is 17.8 Å². The van der Waals surface area contributed by atoms with Crippen LogP contribution in [0.15, 0.2) is 35.3 Å². The topological polar surface area (TPSA) is 372 Å². The van der Waals surface area contributed by atoms with E-state index in [0.717, 1.165) is 0 Å². The average molecular weight is 1020 g/mol. The zero-order valence-corrected chi connectivity index (χ0v) is 43.0. The Balaban J connectivity index is 2.33. The number of aliphatic hydroxyl groups excluding tert-OH is 1. The van der Waals surface area contributed by atoms with Gasteiger partial charge in [0.2, 0.25) is 47.3 Å². The first-order valence-electron chi connectivity index (χ1n) is 24.1. The third kappa shape index (κ3) is 20.7. The van der Waals surface area contributed by atoms with Crippen molar-refractivity contribution in [3.05, 3.63) is 35.9 Å². The predicted molar refractivity (Wildman–Crippen MR) is 269 cm³/mol. The fraction of sp³-hybridized carbons (Fsp3) is 0.660. The number of amides is 8. The van der Waals surface area contributed by atoms with Gasteiger partial charge in [-0.05, 0) is 75.7 Å². The van der Waals surface area contributed by atoms with Gasteiger partial charge in [0.25, 0.3) is 0 Å². The van der Waals surface area contributed by atoms with Gasteiger partial charge in [-0.25, -0.2) is 4.79 Å². The molecule has 0 aliphatic carbocycles. The predicted octanol–water partition coefficient (Wildman–Crippen LogP) is -1.84. The summed E-state index contributed by atoms with van der Waals surface area (Å²) in [6.07, 6.45) is -0.709. The third-order valence-electron chi connectivity index (χ3n) is 11.6. The van der Waals surface area contributed by atoms with Crippen LogP contribution in [0.4, 0.5) is 0 Å². The van der Waals surface area contributed by atoms with Crippen molar-refractivity contribution in [3.8, 4) is 0 Å². The molecular weight excluding hydrogens is 941 g/mol. The van der Waals surface area contributed by atoms with Crippen LogP contribution in [0.1, 0.15) is 99.5 Å². The minimum absolute atomic E-state index is 0.0217. The van der Waals surface area contributed by atoms with Crippen molar-refractivity contribution in [2.45, 2.75) is 161 Å². The number of nitrogens with two attached hydrogens (primary N) is 3. The van der Waals surface area contributed by atoms with Crippen LogP contribution in [0.25, 0.3) is 0 Å². The Morgan fingerprint density at radius 1 is 0.704 bits per heavy atom. The monoisotopic (exact) mass is 1020 g/mol. The molecule has 10 atom stereocenters. The summed E-state index contributed by atoms with van der Waals surface area (Å²) in [6, 6.07) is -2.37. The van der Waals surface area contributed by atoms with Crippen LogP contribution in [-0.4, -0.2) is 154 Å². The number of carbonyl (C=O) groups excluding carboxylic acids is 8. The lowest BCUT2D eigenvalue weighted by Gasteiger charge is -2.30. The van der Waals surface area contributed by atoms with Crippen LogP contribution in [0.3, 0.4) is 0 Å². The first-order valence-corrected chi connectivity index (χ1v) is 24.7. The number of likely N-dealkylation sites (tertiary alicyclic amines) is 1. The maximum absolute atomic E-state index is 14.1. The molecule has 0 unspecified atom stereocenters. The summed E-state index contributed by atoms with van der Waals surface area (Å²) in [6.45, 7) is 13.5. The second kappa shape index (κ2) is 30.0. The number of carboxylic acids is 1. The van der Waals surface area contributed by atoms with Crippen molar-refractivity contribution < 1.29 is 53.4 Å². The lowest BCUT2D eigenvalue weighted by atomic mass is 9.99. The van der Waals surface area contributed by atoms with E-state index in [1.807, 2.05) is 0 Å². The van der Waals surface area contributed by atoms with Gasteiger partial charge in [-0.15, -0.1) is 0 Å². The van der Waals surface area contributed by atoms with E-state index in [0.29, 0.717) is 12.0 Å². The number of hydrogen-bond donors (Lipinski definition) is 13. The highest BCUT2D eigenvalue weighted by Gasteiger charge is 2.40. The Bertz CT molecular complexity index is 2000. The number of carbonyl (C=O) groups is 9. The average Bonchev–Trinajstić information content (AvgIpc) is 3.79. The number of rotatable bonds is 29. The van der Waals surface area contributed by atoms with Crippen LogP contribution >= 0.6 is 12.6 Å². The van der Waals surface area contributed by atoms with Crippen molar-refractivity contribution in [2.75, 3.05) is 18.8 Å². The number of aliphatic carboxylic acids is 1. The molecule has 0 saturated carbocycles. The van der Waals surface area contributed by atoms with Crippen LogP contribution in [0.5, 0.6) is 0 Å². The Kier molecular flexibility index (Phi) is 25.8. The second-order valence-corrected chi connectivity index (χ2v) is 19.5. The number of nitrogens with one attached hydrogen (secondary N) is 7. The number of carboxylic acid groups (broad SMARTS) is 1. The van der Waals surface area contributed by atoms with Crippen molar-refractivity contribution in [1.29, 1.82) is 0 Å². The highest BCUT2D eigenvalue weighted by atomic mass is 32.1. The molecule has 71 heavy (non-hydrogen) atoms. The van der Waals surface area contributed by atoms with Gasteiger partial charge in [0.1, 0.15) is 48.3 Å². The molecule has 2 rings (SSSR count). The first kappa shape index (κ1) is 61.1. The minimum Gasteiger partial charge on any atom is -0.480 e. The standard InChI is InChI=1S/C47H78N12O11S/c1-24(2)20-31(39(62)54-32(22-29-14-10-9-11-15-29)40(63)56-33(46(69)70)21-25(3)4)55-44(67)37(28(8)60)58-38(61)30(16-12-18-51-47(49)50)53-42(65)35-17-13-19-59(35)45(68)27(7)52-41(64)34(23-71)57-43(66)36(48)26(5)6/h9-11,14-15,24-28,30-37,60,71H,12-13,16-23,48H2,1-8H3,(H,52,64)(H,53,65)(H,54,62)(H,55,67)(H,56,63)(H,57,66)(H,58,61)(H,69,70)(H4,49,50,51)/t27-,28+,30-,31-,32-,33-,34-,35-,36-,37-/m0/s1. The Hall–Kier alpha value is -6.01. The van der Waals surface area contributed by atoms with E-state index in [2.05, 4.69) is 54.8 Å². The maximum Gasteiger partial charge on any atom is 0.326 e. The van der Waals surface area contributed by atoms with Gasteiger partial charge in [-0.1, -0.05) is 71.9 Å². The molecule has 398 valence electrons. The third-order valence-corrected chi connectivity index (χ3v) is 12.0. The Morgan fingerprint density at radius 3 is 1.79 bits per heavy atom. The van der Waals surface area contributed by atoms with Crippen molar-refractivity contribution in [2.24, 2.45) is 39.9 Å². The van der Waals surface area contributed by atoms with Gasteiger partial charge in [-0.2, -0.15) is 12.6 Å². The summed E-state index contributed by atoms with van der Waals surface area (Å²) >= 11 is 4.17. The zero-order chi connectivity index (χ0) is 53.7. The van der Waals surface area contributed by atoms with E-state index in [-0.39, 0.29) is 81.1 Å². The van der Waals surface area contributed by atoms with Crippen LogP contribution in [-0.2, 0) is 49.6 Å². The number of aliphatic imine (C=N–C) groups is 1. The fourth-order valence-corrected chi connectivity index (χ4v) is 7.91. The molecule has 0 aromatic heterocycles. The Morgan fingerprint density at radius 2 is 1.24 bits per heavy atom. The molecule has 23 nitrogen and oxygen atoms in total. The Labute approximate surface area is 421 Å². The SMILES string of the molecule is CC(C)C[C@H](NC(=O)[C@H](Cc1ccccc1)NC(=O)[C@H](CC(C)C)NC(=O)[C@@H](NC(=O)[C@H](CCCN=C(N)N)NC(=O)[C@@H]1CCCN1C(=O)[C@H](C)NC(=O)[C@H](CS)NC(=O)[C@@H](N)C(C)C)[C@@H](C)O)C(=O)O. The lowest BCUT2D eigenvalue weighted by Crippen LogP contribution is -2.62. The van der Waals surface area contributed by atoms with Gasteiger partial charge in [0.05, 0.1) is 12.1 Å². The summed E-state index contributed by atoms with van der Waals surface area (Å²) in [4.78, 5) is 127. The molecule has 1 heterocycles. The first-order chi connectivity index (χ1) is 33.3. The van der Waals surface area contributed by atoms with Gasteiger partial charge in [0.15, 0.2) is 5.96 Å². The van der Waals surface area contributed by atoms with E-state index >= 15 is 0 Å². The molecule has 24 heteroatoms. The molecule has 0 spiro atoms. The van der Waals surface area contributed by atoms with E-state index in [1.165, 1.54) is 18.7 Å². The zero-order valence-electron chi connectivity index (χ0n) is 42.1. The molecule has 8 amide bonds. The normalized spacial score (nSPS) is 17.3. The fourth-order valence-electron chi connectivity index (χ4n) is 7.65. The molecule has 15 N–H and O–H groups in total. The number of nitrogens with zero attached hydrogens (tertiary/aromatic N) is 2. The van der Waals surface area contributed by atoms with E-state index in [1.54, 1.807) is 71.9 Å². The van der Waals surface area contributed by atoms with Gasteiger partial charge >= 0.3 is 5.97 Å². The number of hydrogen-bond acceptors (Lipinski definition) is 13. The summed E-state index contributed by atoms with van der Waals surface area (Å²) in [7, 11) is 0. The highest BCUT2D eigenvalue weighted by Crippen LogP contribution is 2.20. The van der Waals surface area contributed by atoms with Crippen molar-refractivity contribution >= 4 is 71.8 Å². The molecule has 1 aliphatic heterocycles. The van der Waals surface area contributed by atoms with Crippen molar-refractivity contribution in [3.63, 3.8) is 0 Å². The molecule has 0 radical (unpaired) electrons. The summed E-state index contributed by atoms with van der Waals surface area (Å²) < 4.78 is 0. The van der Waals surface area contributed by atoms with Crippen LogP contribution < -0.4 is 54.4 Å². The molecule has 1 aromatic carbocycles. The van der Waals surface area contributed by atoms with Gasteiger partial charge < -0.3 is 69.5 Å². The molecular formula is C47H78N12O11S. The molecule has 0 bridgehead atoms. The van der Waals surface area contributed by atoms with E-state index < -0.39 is 114 Å². The summed E-state index contributed by atoms with van der Waals surface area (Å²) in [5, 5.41) is 38.8.